The molecule has 0 bridgehead atoms. The molecule has 4 heteroatoms. The van der Waals surface area contributed by atoms with E-state index in [1.54, 1.807) is 0 Å². The van der Waals surface area contributed by atoms with Crippen LogP contribution < -0.4 is 0 Å². The lowest BCUT2D eigenvalue weighted by atomic mass is 10.2. The van der Waals surface area contributed by atoms with Crippen LogP contribution in [-0.4, -0.2) is 0 Å². The number of benzene rings is 1. The van der Waals surface area contributed by atoms with Gasteiger partial charge in [-0.2, -0.15) is 0 Å². The number of rotatable bonds is 0. The van der Waals surface area contributed by atoms with Crippen LogP contribution >= 0.6 is 63.7 Å². The molecule has 0 aliphatic rings. The highest BCUT2D eigenvalue weighted by molar-refractivity contribution is 9.14. The third-order valence-corrected chi connectivity index (χ3v) is 5.50. The fourth-order valence-corrected chi connectivity index (χ4v) is 2.99. The zero-order valence-corrected chi connectivity index (χ0v) is 11.9. The van der Waals surface area contributed by atoms with Gasteiger partial charge in [0.15, 0.2) is 0 Å². The third kappa shape index (κ3) is 2.08. The van der Waals surface area contributed by atoms with E-state index in [1.165, 1.54) is 0 Å². The van der Waals surface area contributed by atoms with Crippen molar-refractivity contribution in [3.8, 4) is 0 Å². The summed E-state index contributed by atoms with van der Waals surface area (Å²) in [5, 5.41) is 0. The maximum absolute atomic E-state index is 3.45. The topological polar surface area (TPSA) is 0 Å². The first-order chi connectivity index (χ1) is 5.04. The molecule has 1 aromatic rings. The Balaban J connectivity index is 3.46. The average Bonchev–Trinajstić information content (AvgIpc) is 1.97. The van der Waals surface area contributed by atoms with E-state index < -0.39 is 0 Å². The lowest BCUT2D eigenvalue weighted by Crippen LogP contribution is -1.82. The van der Waals surface area contributed by atoms with E-state index >= 15 is 0 Å². The average molecular weight is 407 g/mol. The van der Waals surface area contributed by atoms with E-state index in [0.717, 1.165) is 23.5 Å². The Morgan fingerprint density at radius 2 is 1.45 bits per heavy atom. The molecule has 0 heterocycles. The summed E-state index contributed by atoms with van der Waals surface area (Å²) in [6, 6.07) is 3.10. The Morgan fingerprint density at radius 1 is 0.909 bits per heavy atom. The van der Waals surface area contributed by atoms with Gasteiger partial charge >= 0.3 is 0 Å². The van der Waals surface area contributed by atoms with Crippen molar-refractivity contribution in [1.82, 2.24) is 0 Å². The molecule has 59 valence electrons. The number of hydrogen-bond acceptors (Lipinski definition) is 0. The standard InChI is InChI=1S/C7H3Br4/c1-3-4(8)2-5(9)7(11)6(3)10/h1H3. The van der Waals surface area contributed by atoms with E-state index in [-0.39, 0.29) is 0 Å². The summed E-state index contributed by atoms with van der Waals surface area (Å²) in [6.07, 6.45) is 0. The van der Waals surface area contributed by atoms with Gasteiger partial charge in [-0.25, -0.2) is 0 Å². The van der Waals surface area contributed by atoms with E-state index in [2.05, 4.69) is 69.8 Å². The minimum absolute atomic E-state index is 0.918. The van der Waals surface area contributed by atoms with Gasteiger partial charge in [-0.05, 0) is 76.2 Å². The molecule has 1 rings (SSSR count). The first-order valence-corrected chi connectivity index (χ1v) is 5.93. The summed E-state index contributed by atoms with van der Waals surface area (Å²) in [5.41, 5.74) is 1.14. The highest BCUT2D eigenvalue weighted by atomic mass is 79.9. The molecule has 0 atom stereocenters. The van der Waals surface area contributed by atoms with E-state index in [0.29, 0.717) is 0 Å². The van der Waals surface area contributed by atoms with Crippen molar-refractivity contribution in [3.63, 3.8) is 0 Å². The van der Waals surface area contributed by atoms with Crippen molar-refractivity contribution in [2.45, 2.75) is 6.92 Å². The van der Waals surface area contributed by atoms with Crippen LogP contribution in [-0.2, 0) is 0 Å². The van der Waals surface area contributed by atoms with Gasteiger partial charge in [-0.3, -0.25) is 0 Å². The molecule has 0 nitrogen and oxygen atoms in total. The second-order valence-electron chi connectivity index (χ2n) is 2.01. The SMILES string of the molecule is Cc1c(Br)[c]c(Br)c(Br)c1Br. The van der Waals surface area contributed by atoms with Crippen molar-refractivity contribution >= 4 is 63.7 Å². The Bertz CT molecular complexity index is 267. The van der Waals surface area contributed by atoms with Crippen molar-refractivity contribution in [1.29, 1.82) is 0 Å². The molecular formula is C7H3Br4. The Kier molecular flexibility index (Phi) is 3.62. The monoisotopic (exact) mass is 403 g/mol. The fourth-order valence-electron chi connectivity index (χ4n) is 0.602. The predicted octanol–water partition coefficient (Wildman–Crippen LogP) is 4.85. The van der Waals surface area contributed by atoms with Crippen molar-refractivity contribution in [2.24, 2.45) is 0 Å². The Hall–Kier alpha value is 1.14. The highest BCUT2D eigenvalue weighted by Gasteiger charge is 2.08. The van der Waals surface area contributed by atoms with Gasteiger partial charge in [-0.15, -0.1) is 0 Å². The van der Waals surface area contributed by atoms with E-state index in [1.807, 2.05) is 6.92 Å². The highest BCUT2D eigenvalue weighted by Crippen LogP contribution is 2.36. The number of halogens is 4. The minimum atomic E-state index is 0.918. The molecule has 0 saturated carbocycles. The summed E-state index contributed by atoms with van der Waals surface area (Å²) in [6.45, 7) is 2.02. The molecule has 0 aromatic heterocycles. The molecule has 0 fully saturated rings. The Morgan fingerprint density at radius 3 is 2.00 bits per heavy atom. The minimum Gasteiger partial charge on any atom is -0.0498 e. The summed E-state index contributed by atoms with van der Waals surface area (Å²) >= 11 is 13.6. The normalized spacial score (nSPS) is 10.3. The molecule has 1 radical (unpaired) electrons. The lowest BCUT2D eigenvalue weighted by Gasteiger charge is -2.04. The maximum atomic E-state index is 3.45. The van der Waals surface area contributed by atoms with Crippen LogP contribution in [0.15, 0.2) is 17.9 Å². The molecule has 0 unspecified atom stereocenters. The molecule has 11 heavy (non-hydrogen) atoms. The molecular weight excluding hydrogens is 404 g/mol. The van der Waals surface area contributed by atoms with Gasteiger partial charge in [0.2, 0.25) is 0 Å². The van der Waals surface area contributed by atoms with Crippen LogP contribution in [0.4, 0.5) is 0 Å². The van der Waals surface area contributed by atoms with Crippen molar-refractivity contribution < 1.29 is 0 Å². The second kappa shape index (κ2) is 3.90. The zero-order chi connectivity index (χ0) is 8.59. The molecule has 0 saturated heterocycles. The molecule has 0 amide bonds. The van der Waals surface area contributed by atoms with Gasteiger partial charge in [0.1, 0.15) is 0 Å². The molecule has 1 aromatic carbocycles. The van der Waals surface area contributed by atoms with Gasteiger partial charge in [-0.1, -0.05) is 0 Å². The lowest BCUT2D eigenvalue weighted by molar-refractivity contribution is 1.34. The quantitative estimate of drug-likeness (QED) is 0.427. The van der Waals surface area contributed by atoms with Crippen LogP contribution in [0.2, 0.25) is 0 Å². The van der Waals surface area contributed by atoms with Gasteiger partial charge in [0.05, 0.1) is 0 Å². The fraction of sp³-hybridized carbons (Fsp3) is 0.143. The van der Waals surface area contributed by atoms with Crippen molar-refractivity contribution in [2.75, 3.05) is 0 Å². The molecule has 0 aliphatic carbocycles. The molecule has 0 aliphatic heterocycles. The predicted molar refractivity (Wildman–Crippen MR) is 60.8 cm³/mol. The maximum Gasteiger partial charge on any atom is 0.0469 e. The summed E-state index contributed by atoms with van der Waals surface area (Å²) in [7, 11) is 0. The summed E-state index contributed by atoms with van der Waals surface area (Å²) < 4.78 is 3.94. The van der Waals surface area contributed by atoms with Crippen molar-refractivity contribution in [3.05, 3.63) is 29.5 Å². The van der Waals surface area contributed by atoms with E-state index in [9.17, 15) is 0 Å². The van der Waals surface area contributed by atoms with Gasteiger partial charge in [0, 0.05) is 24.0 Å². The molecule has 0 spiro atoms. The second-order valence-corrected chi connectivity index (χ2v) is 5.18. The summed E-state index contributed by atoms with van der Waals surface area (Å²) in [5.74, 6) is 0. The summed E-state index contributed by atoms with van der Waals surface area (Å²) in [4.78, 5) is 0. The first-order valence-electron chi connectivity index (χ1n) is 2.76. The van der Waals surface area contributed by atoms with Crippen LogP contribution in [0.1, 0.15) is 5.56 Å². The largest absolute Gasteiger partial charge is 0.0498 e. The van der Waals surface area contributed by atoms with Crippen LogP contribution in [0.5, 0.6) is 0 Å². The van der Waals surface area contributed by atoms with Gasteiger partial charge < -0.3 is 0 Å². The third-order valence-electron chi connectivity index (χ3n) is 1.26. The smallest absolute Gasteiger partial charge is 0.0469 e. The van der Waals surface area contributed by atoms with E-state index in [4.69, 9.17) is 0 Å². The van der Waals surface area contributed by atoms with Crippen LogP contribution in [0.25, 0.3) is 0 Å². The van der Waals surface area contributed by atoms with Crippen LogP contribution in [0.3, 0.4) is 0 Å². The van der Waals surface area contributed by atoms with Gasteiger partial charge in [0.25, 0.3) is 0 Å². The molecule has 0 N–H and O–H groups in total. The first kappa shape index (κ1) is 10.2. The Labute approximate surface area is 99.3 Å². The zero-order valence-electron chi connectivity index (χ0n) is 5.51. The van der Waals surface area contributed by atoms with Crippen LogP contribution in [0, 0.1) is 13.0 Å². The number of hydrogen-bond donors (Lipinski definition) is 0.